The zero-order valence-corrected chi connectivity index (χ0v) is 11.8. The minimum Gasteiger partial charge on any atom is -0.379 e. The van der Waals surface area contributed by atoms with E-state index in [2.05, 4.69) is 10.2 Å². The summed E-state index contributed by atoms with van der Waals surface area (Å²) < 4.78 is 42.3. The Bertz CT molecular complexity index is 1010. The van der Waals surface area contributed by atoms with Crippen molar-refractivity contribution in [2.45, 2.75) is 4.90 Å². The number of hydrogen-bond acceptors (Lipinski definition) is 5. The highest BCUT2D eigenvalue weighted by Crippen LogP contribution is 2.24. The van der Waals surface area contributed by atoms with E-state index in [4.69, 9.17) is 9.44 Å². The van der Waals surface area contributed by atoms with Gasteiger partial charge in [-0.05, 0) is 36.4 Å². The molecule has 3 aromatic rings. The average Bonchev–Trinajstić information content (AvgIpc) is 2.89. The Labute approximate surface area is 124 Å². The van der Waals surface area contributed by atoms with Crippen molar-refractivity contribution in [1.82, 2.24) is 10.2 Å². The zero-order chi connectivity index (χ0) is 15.7. The van der Waals surface area contributed by atoms with Crippen LogP contribution in [0.15, 0.2) is 47.4 Å². The first kappa shape index (κ1) is 14.0. The third kappa shape index (κ3) is 2.49. The molecule has 0 aliphatic heterocycles. The molecule has 22 heavy (non-hydrogen) atoms. The second-order valence-electron chi connectivity index (χ2n) is 4.39. The van der Waals surface area contributed by atoms with E-state index >= 15 is 0 Å². The molecule has 6 nitrogen and oxygen atoms in total. The molecule has 110 valence electrons. The first-order valence-corrected chi connectivity index (χ1v) is 7.49. The maximum atomic E-state index is 13.1. The summed E-state index contributed by atoms with van der Waals surface area (Å²) in [6, 6.07) is 10.7. The molecular formula is C14H8FN3O3S. The van der Waals surface area contributed by atoms with Crippen LogP contribution in [0.2, 0.25) is 0 Å². The third-order valence-corrected chi connectivity index (χ3v) is 4.17. The highest BCUT2D eigenvalue weighted by atomic mass is 32.2. The smallest absolute Gasteiger partial charge is 0.339 e. The van der Waals surface area contributed by atoms with Crippen LogP contribution in [0, 0.1) is 17.1 Å². The van der Waals surface area contributed by atoms with Crippen molar-refractivity contribution in [3.05, 3.63) is 54.0 Å². The van der Waals surface area contributed by atoms with Gasteiger partial charge in [0.1, 0.15) is 22.5 Å². The summed E-state index contributed by atoms with van der Waals surface area (Å²) in [5.41, 5.74) is 0.704. The van der Waals surface area contributed by atoms with Gasteiger partial charge in [-0.1, -0.05) is 6.07 Å². The zero-order valence-electron chi connectivity index (χ0n) is 10.9. The van der Waals surface area contributed by atoms with Crippen LogP contribution in [0.3, 0.4) is 0 Å². The molecule has 0 radical (unpaired) electrons. The van der Waals surface area contributed by atoms with Gasteiger partial charge >= 0.3 is 10.1 Å². The molecule has 0 bridgehead atoms. The standard InChI is InChI=1S/C14H8FN3O3S/c15-9-2-1-3-11(6-9)22(19,20)21-10-4-5-13-12(7-10)14(8-16)18-17-13/h1-7H,(H,17,18). The number of benzene rings is 2. The van der Waals surface area contributed by atoms with Crippen molar-refractivity contribution < 1.29 is 17.0 Å². The van der Waals surface area contributed by atoms with Crippen LogP contribution in [0.25, 0.3) is 10.9 Å². The van der Waals surface area contributed by atoms with Crippen LogP contribution in [-0.4, -0.2) is 18.6 Å². The summed E-state index contributed by atoms with van der Waals surface area (Å²) in [5, 5.41) is 15.8. The Balaban J connectivity index is 2.00. The molecule has 0 amide bonds. The van der Waals surface area contributed by atoms with E-state index in [9.17, 15) is 12.8 Å². The summed E-state index contributed by atoms with van der Waals surface area (Å²) in [5.74, 6) is -0.670. The van der Waals surface area contributed by atoms with Crippen molar-refractivity contribution in [3.8, 4) is 11.8 Å². The number of nitriles is 1. The SMILES string of the molecule is N#Cc1n[nH]c2ccc(OS(=O)(=O)c3cccc(F)c3)cc12. The fraction of sp³-hybridized carbons (Fsp3) is 0. The normalized spacial score (nSPS) is 11.3. The summed E-state index contributed by atoms with van der Waals surface area (Å²) >= 11 is 0. The van der Waals surface area contributed by atoms with Gasteiger partial charge in [0.15, 0.2) is 5.69 Å². The molecule has 0 saturated heterocycles. The van der Waals surface area contributed by atoms with E-state index < -0.39 is 15.9 Å². The van der Waals surface area contributed by atoms with Gasteiger partial charge in [-0.3, -0.25) is 5.10 Å². The number of hydrogen-bond donors (Lipinski definition) is 1. The molecule has 0 fully saturated rings. The lowest BCUT2D eigenvalue weighted by Gasteiger charge is -2.07. The Kier molecular flexibility index (Phi) is 3.27. The van der Waals surface area contributed by atoms with Crippen molar-refractivity contribution in [3.63, 3.8) is 0 Å². The first-order valence-electron chi connectivity index (χ1n) is 6.08. The van der Waals surface area contributed by atoms with Gasteiger partial charge in [-0.15, -0.1) is 0 Å². The predicted molar refractivity (Wildman–Crippen MR) is 75.0 cm³/mol. The summed E-state index contributed by atoms with van der Waals surface area (Å²) in [7, 11) is -4.16. The molecule has 0 aliphatic carbocycles. The highest BCUT2D eigenvalue weighted by Gasteiger charge is 2.18. The van der Waals surface area contributed by atoms with E-state index in [0.717, 1.165) is 12.1 Å². The monoisotopic (exact) mass is 317 g/mol. The maximum Gasteiger partial charge on any atom is 0.339 e. The van der Waals surface area contributed by atoms with E-state index in [1.54, 1.807) is 6.07 Å². The van der Waals surface area contributed by atoms with Crippen molar-refractivity contribution in [2.75, 3.05) is 0 Å². The second-order valence-corrected chi connectivity index (χ2v) is 5.93. The fourth-order valence-corrected chi connectivity index (χ4v) is 2.88. The molecule has 1 heterocycles. The van der Waals surface area contributed by atoms with E-state index in [1.807, 2.05) is 6.07 Å². The molecule has 3 rings (SSSR count). The fourth-order valence-electron chi connectivity index (χ4n) is 1.93. The van der Waals surface area contributed by atoms with E-state index in [-0.39, 0.29) is 16.3 Å². The largest absolute Gasteiger partial charge is 0.379 e. The lowest BCUT2D eigenvalue weighted by Crippen LogP contribution is -2.09. The summed E-state index contributed by atoms with van der Waals surface area (Å²) in [4.78, 5) is -0.291. The quantitative estimate of drug-likeness (QED) is 0.748. The van der Waals surface area contributed by atoms with E-state index in [0.29, 0.717) is 10.9 Å². The van der Waals surface area contributed by atoms with Crippen LogP contribution in [0.5, 0.6) is 5.75 Å². The molecule has 0 saturated carbocycles. The van der Waals surface area contributed by atoms with Gasteiger partial charge in [0.2, 0.25) is 0 Å². The maximum absolute atomic E-state index is 13.1. The number of aromatic nitrogens is 2. The second kappa shape index (κ2) is 5.13. The van der Waals surface area contributed by atoms with Gasteiger partial charge in [-0.2, -0.15) is 18.8 Å². The molecule has 1 aromatic heterocycles. The summed E-state index contributed by atoms with van der Waals surface area (Å²) in [6.07, 6.45) is 0. The number of halogens is 1. The molecule has 0 unspecified atom stereocenters. The van der Waals surface area contributed by atoms with Gasteiger partial charge in [0.25, 0.3) is 0 Å². The van der Waals surface area contributed by atoms with Crippen LogP contribution < -0.4 is 4.18 Å². The molecular weight excluding hydrogens is 309 g/mol. The van der Waals surface area contributed by atoms with E-state index in [1.165, 1.54) is 24.3 Å². The van der Waals surface area contributed by atoms with Gasteiger partial charge < -0.3 is 4.18 Å². The van der Waals surface area contributed by atoms with Crippen LogP contribution in [-0.2, 0) is 10.1 Å². The molecule has 1 N–H and O–H groups in total. The molecule has 2 aromatic carbocycles. The number of nitrogens with one attached hydrogen (secondary N) is 1. The Hall–Kier alpha value is -2.92. The summed E-state index contributed by atoms with van der Waals surface area (Å²) in [6.45, 7) is 0. The van der Waals surface area contributed by atoms with Crippen LogP contribution in [0.1, 0.15) is 5.69 Å². The first-order chi connectivity index (χ1) is 10.5. The average molecular weight is 317 g/mol. The Morgan fingerprint density at radius 3 is 2.77 bits per heavy atom. The topological polar surface area (TPSA) is 95.8 Å². The minimum atomic E-state index is -4.16. The van der Waals surface area contributed by atoms with Gasteiger partial charge in [-0.25, -0.2) is 4.39 Å². The van der Waals surface area contributed by atoms with Gasteiger partial charge in [0.05, 0.1) is 5.52 Å². The number of fused-ring (bicyclic) bond motifs is 1. The Morgan fingerprint density at radius 2 is 2.05 bits per heavy atom. The van der Waals surface area contributed by atoms with Gasteiger partial charge in [0, 0.05) is 5.39 Å². The molecule has 8 heteroatoms. The Morgan fingerprint density at radius 1 is 1.23 bits per heavy atom. The predicted octanol–water partition coefficient (Wildman–Crippen LogP) is 2.34. The van der Waals surface area contributed by atoms with Crippen molar-refractivity contribution in [1.29, 1.82) is 5.26 Å². The van der Waals surface area contributed by atoms with Crippen LogP contribution in [0.4, 0.5) is 4.39 Å². The minimum absolute atomic E-state index is 0.00895. The lowest BCUT2D eigenvalue weighted by atomic mass is 10.2. The molecule has 0 atom stereocenters. The number of aromatic amines is 1. The number of H-pyrrole nitrogens is 1. The third-order valence-electron chi connectivity index (χ3n) is 2.93. The number of rotatable bonds is 3. The molecule has 0 spiro atoms. The lowest BCUT2D eigenvalue weighted by molar-refractivity contribution is 0.485. The van der Waals surface area contributed by atoms with Crippen molar-refractivity contribution in [2.24, 2.45) is 0 Å². The number of nitrogens with zero attached hydrogens (tertiary/aromatic N) is 2. The molecule has 0 aliphatic rings. The highest BCUT2D eigenvalue weighted by molar-refractivity contribution is 7.87. The van der Waals surface area contributed by atoms with Crippen molar-refractivity contribution >= 4 is 21.0 Å². The van der Waals surface area contributed by atoms with Crippen LogP contribution >= 0.6 is 0 Å².